The number of carbonyl (C=O) groups excluding carboxylic acids is 2. The topological polar surface area (TPSA) is 58.6 Å². The highest BCUT2D eigenvalue weighted by molar-refractivity contribution is 14.1. The number of esters is 1. The van der Waals surface area contributed by atoms with Gasteiger partial charge in [0.2, 0.25) is 5.91 Å². The third-order valence-corrected chi connectivity index (χ3v) is 4.19. The lowest BCUT2D eigenvalue weighted by atomic mass is 9.98. The van der Waals surface area contributed by atoms with Crippen LogP contribution in [0.3, 0.4) is 0 Å². The van der Waals surface area contributed by atoms with E-state index in [1.807, 2.05) is 29.2 Å². The Morgan fingerprint density at radius 2 is 2.29 bits per heavy atom. The molecular weight excluding hydrogens is 383 g/mol. The van der Waals surface area contributed by atoms with Crippen LogP contribution in [0.5, 0.6) is 0 Å². The zero-order valence-corrected chi connectivity index (χ0v) is 14.1. The average Bonchev–Trinajstić information content (AvgIpc) is 2.46. The van der Waals surface area contributed by atoms with E-state index in [9.17, 15) is 9.59 Å². The molecule has 1 aromatic carbocycles. The van der Waals surface area contributed by atoms with Crippen LogP contribution in [0, 0.1) is 9.49 Å². The van der Waals surface area contributed by atoms with Crippen molar-refractivity contribution in [2.24, 2.45) is 5.92 Å². The van der Waals surface area contributed by atoms with E-state index in [0.717, 1.165) is 28.6 Å². The summed E-state index contributed by atoms with van der Waals surface area (Å²) in [5, 5.41) is 2.89. The summed E-state index contributed by atoms with van der Waals surface area (Å²) < 4.78 is 5.86. The molecule has 0 bridgehead atoms. The molecule has 114 valence electrons. The van der Waals surface area contributed by atoms with E-state index in [4.69, 9.17) is 4.74 Å². The highest BCUT2D eigenvalue weighted by Gasteiger charge is 2.27. The number of piperidine rings is 1. The predicted octanol–water partition coefficient (Wildman–Crippen LogP) is 2.11. The van der Waals surface area contributed by atoms with Crippen LogP contribution in [0.25, 0.3) is 0 Å². The second kappa shape index (κ2) is 7.74. The number of anilines is 1. The Kier molecular flexibility index (Phi) is 5.98. The van der Waals surface area contributed by atoms with Crippen molar-refractivity contribution in [2.45, 2.75) is 12.8 Å². The minimum atomic E-state index is -0.183. The second-order valence-corrected chi connectivity index (χ2v) is 6.40. The molecule has 1 aliphatic rings. The standard InChI is InChI=1S/C15H19IN2O3/c1-21-15(20)11-4-3-7-18(9-11)10-14(19)17-13-6-2-5-12(16)8-13/h2,5-6,8,11H,3-4,7,9-10H2,1H3,(H,17,19). The molecular formula is C15H19IN2O3. The van der Waals surface area contributed by atoms with Gasteiger partial charge in [0, 0.05) is 15.8 Å². The van der Waals surface area contributed by atoms with Gasteiger partial charge in [0.15, 0.2) is 0 Å². The van der Waals surface area contributed by atoms with Gasteiger partial charge in [-0.3, -0.25) is 14.5 Å². The summed E-state index contributed by atoms with van der Waals surface area (Å²) >= 11 is 2.21. The molecule has 1 atom stereocenters. The molecule has 1 aliphatic heterocycles. The van der Waals surface area contributed by atoms with E-state index >= 15 is 0 Å². The van der Waals surface area contributed by atoms with Gasteiger partial charge >= 0.3 is 5.97 Å². The van der Waals surface area contributed by atoms with Gasteiger partial charge in [0.1, 0.15) is 0 Å². The fourth-order valence-corrected chi connectivity index (χ4v) is 3.07. The lowest BCUT2D eigenvalue weighted by Gasteiger charge is -2.30. The first kappa shape index (κ1) is 16.2. The number of carbonyl (C=O) groups is 2. The summed E-state index contributed by atoms with van der Waals surface area (Å²) in [6.07, 6.45) is 1.75. The maximum absolute atomic E-state index is 12.1. The molecule has 21 heavy (non-hydrogen) atoms. The lowest BCUT2D eigenvalue weighted by Crippen LogP contribution is -2.42. The van der Waals surface area contributed by atoms with Gasteiger partial charge < -0.3 is 10.1 Å². The number of ether oxygens (including phenoxy) is 1. The number of nitrogens with zero attached hydrogens (tertiary/aromatic N) is 1. The zero-order chi connectivity index (χ0) is 15.2. The summed E-state index contributed by atoms with van der Waals surface area (Å²) in [4.78, 5) is 25.7. The van der Waals surface area contributed by atoms with Crippen LogP contribution in [0.15, 0.2) is 24.3 Å². The summed E-state index contributed by atoms with van der Waals surface area (Å²) in [6, 6.07) is 7.67. The molecule has 1 amide bonds. The fraction of sp³-hybridized carbons (Fsp3) is 0.467. The van der Waals surface area contributed by atoms with E-state index in [1.54, 1.807) is 0 Å². The fourth-order valence-electron chi connectivity index (χ4n) is 2.53. The number of likely N-dealkylation sites (tertiary alicyclic amines) is 1. The van der Waals surface area contributed by atoms with Crippen LogP contribution in [-0.2, 0) is 14.3 Å². The third kappa shape index (κ3) is 4.96. The highest BCUT2D eigenvalue weighted by Crippen LogP contribution is 2.18. The van der Waals surface area contributed by atoms with Gasteiger partial charge in [-0.25, -0.2) is 0 Å². The molecule has 5 nitrogen and oxygen atoms in total. The van der Waals surface area contributed by atoms with Crippen molar-refractivity contribution in [3.8, 4) is 0 Å². The number of hydrogen-bond donors (Lipinski definition) is 1. The van der Waals surface area contributed by atoms with Crippen LogP contribution < -0.4 is 5.32 Å². The van der Waals surface area contributed by atoms with Crippen LogP contribution in [-0.4, -0.2) is 43.5 Å². The van der Waals surface area contributed by atoms with Crippen molar-refractivity contribution in [1.82, 2.24) is 4.90 Å². The van der Waals surface area contributed by atoms with E-state index < -0.39 is 0 Å². The van der Waals surface area contributed by atoms with Crippen LogP contribution in [0.1, 0.15) is 12.8 Å². The monoisotopic (exact) mass is 402 g/mol. The Bertz CT molecular complexity index is 521. The van der Waals surface area contributed by atoms with Gasteiger partial charge in [0.05, 0.1) is 19.6 Å². The van der Waals surface area contributed by atoms with Crippen molar-refractivity contribution >= 4 is 40.2 Å². The normalized spacial score (nSPS) is 19.0. The Labute approximate surface area is 138 Å². The number of amides is 1. The molecule has 1 N–H and O–H groups in total. The number of nitrogens with one attached hydrogen (secondary N) is 1. The molecule has 1 heterocycles. The van der Waals surface area contributed by atoms with Gasteiger partial charge in [-0.15, -0.1) is 0 Å². The molecule has 1 saturated heterocycles. The van der Waals surface area contributed by atoms with E-state index in [2.05, 4.69) is 27.9 Å². The molecule has 0 spiro atoms. The van der Waals surface area contributed by atoms with Gasteiger partial charge in [-0.05, 0) is 60.2 Å². The Morgan fingerprint density at radius 3 is 3.00 bits per heavy atom. The van der Waals surface area contributed by atoms with Crippen LogP contribution in [0.4, 0.5) is 5.69 Å². The third-order valence-electron chi connectivity index (χ3n) is 3.52. The molecule has 1 unspecified atom stereocenters. The number of hydrogen-bond acceptors (Lipinski definition) is 4. The minimum Gasteiger partial charge on any atom is -0.469 e. The first-order valence-electron chi connectivity index (χ1n) is 6.94. The molecule has 6 heteroatoms. The quantitative estimate of drug-likeness (QED) is 0.619. The Hall–Kier alpha value is -1.15. The Balaban J connectivity index is 1.86. The SMILES string of the molecule is COC(=O)C1CCCN(CC(=O)Nc2cccc(I)c2)C1. The molecule has 1 aromatic rings. The predicted molar refractivity (Wildman–Crippen MR) is 89.0 cm³/mol. The summed E-state index contributed by atoms with van der Waals surface area (Å²) in [5.41, 5.74) is 0.799. The summed E-state index contributed by atoms with van der Waals surface area (Å²) in [6.45, 7) is 1.73. The minimum absolute atomic E-state index is 0.0532. The van der Waals surface area contributed by atoms with E-state index in [1.165, 1.54) is 7.11 Å². The molecule has 2 rings (SSSR count). The maximum Gasteiger partial charge on any atom is 0.309 e. The number of methoxy groups -OCH3 is 1. The van der Waals surface area contributed by atoms with Crippen molar-refractivity contribution in [3.05, 3.63) is 27.8 Å². The summed E-state index contributed by atoms with van der Waals surface area (Å²) in [5.74, 6) is -0.352. The smallest absolute Gasteiger partial charge is 0.309 e. The number of rotatable bonds is 4. The van der Waals surface area contributed by atoms with Crippen LogP contribution >= 0.6 is 22.6 Å². The number of benzene rings is 1. The van der Waals surface area contributed by atoms with Crippen LogP contribution in [0.2, 0.25) is 0 Å². The second-order valence-electron chi connectivity index (χ2n) is 5.16. The molecule has 0 radical (unpaired) electrons. The average molecular weight is 402 g/mol. The molecule has 0 aliphatic carbocycles. The van der Waals surface area contributed by atoms with Crippen molar-refractivity contribution < 1.29 is 14.3 Å². The maximum atomic E-state index is 12.1. The van der Waals surface area contributed by atoms with Crippen molar-refractivity contribution in [3.63, 3.8) is 0 Å². The first-order valence-corrected chi connectivity index (χ1v) is 8.02. The van der Waals surface area contributed by atoms with Crippen molar-refractivity contribution in [1.29, 1.82) is 0 Å². The van der Waals surface area contributed by atoms with E-state index in [-0.39, 0.29) is 17.8 Å². The van der Waals surface area contributed by atoms with Gasteiger partial charge in [0.25, 0.3) is 0 Å². The first-order chi connectivity index (χ1) is 10.1. The highest BCUT2D eigenvalue weighted by atomic mass is 127. The Morgan fingerprint density at radius 1 is 1.48 bits per heavy atom. The molecule has 0 saturated carbocycles. The zero-order valence-electron chi connectivity index (χ0n) is 12.0. The molecule has 0 aromatic heterocycles. The van der Waals surface area contributed by atoms with Gasteiger partial charge in [-0.1, -0.05) is 6.07 Å². The van der Waals surface area contributed by atoms with E-state index in [0.29, 0.717) is 13.1 Å². The number of halogens is 1. The summed E-state index contributed by atoms with van der Waals surface area (Å²) in [7, 11) is 1.41. The lowest BCUT2D eigenvalue weighted by molar-refractivity contribution is -0.147. The molecule has 1 fully saturated rings. The van der Waals surface area contributed by atoms with Gasteiger partial charge in [-0.2, -0.15) is 0 Å². The largest absolute Gasteiger partial charge is 0.469 e. The van der Waals surface area contributed by atoms with Crippen molar-refractivity contribution in [2.75, 3.05) is 32.1 Å².